The van der Waals surface area contributed by atoms with E-state index in [2.05, 4.69) is 15.9 Å². The average Bonchev–Trinajstić information content (AvgIpc) is 2.20. The quantitative estimate of drug-likeness (QED) is 0.734. The first kappa shape index (κ1) is 10.4. The molecule has 0 saturated carbocycles. The van der Waals surface area contributed by atoms with Crippen molar-refractivity contribution in [2.24, 2.45) is 0 Å². The summed E-state index contributed by atoms with van der Waals surface area (Å²) in [6.45, 7) is 0. The highest BCUT2D eigenvalue weighted by Crippen LogP contribution is 2.29. The van der Waals surface area contributed by atoms with E-state index in [0.717, 1.165) is 4.47 Å². The van der Waals surface area contributed by atoms with Crippen molar-refractivity contribution in [3.05, 3.63) is 28.7 Å². The summed E-state index contributed by atoms with van der Waals surface area (Å²) in [6.07, 6.45) is 1.57. The van der Waals surface area contributed by atoms with E-state index in [1.165, 1.54) is 4.90 Å². The highest BCUT2D eigenvalue weighted by Gasteiger charge is 2.28. The number of rotatable bonds is 1. The number of piperidine rings is 1. The van der Waals surface area contributed by atoms with Crippen LogP contribution in [0, 0.1) is 0 Å². The van der Waals surface area contributed by atoms with Gasteiger partial charge in [-0.05, 0) is 34.5 Å². The number of hydrogen-bond acceptors (Lipinski definition) is 2. The molecule has 4 heteroatoms. The zero-order valence-corrected chi connectivity index (χ0v) is 9.66. The van der Waals surface area contributed by atoms with Crippen LogP contribution < -0.4 is 4.90 Å². The molecule has 0 atom stereocenters. The SMILES string of the molecule is O=C1CCCC(=O)N1c1ccccc1Br. The maximum absolute atomic E-state index is 11.6. The van der Waals surface area contributed by atoms with Crippen molar-refractivity contribution >= 4 is 33.4 Å². The molecule has 78 valence electrons. The van der Waals surface area contributed by atoms with Crippen molar-refractivity contribution < 1.29 is 9.59 Å². The van der Waals surface area contributed by atoms with E-state index in [-0.39, 0.29) is 11.8 Å². The Morgan fingerprint density at radius 3 is 2.27 bits per heavy atom. The maximum atomic E-state index is 11.6. The van der Waals surface area contributed by atoms with Gasteiger partial charge in [0.05, 0.1) is 5.69 Å². The third-order valence-electron chi connectivity index (χ3n) is 2.37. The van der Waals surface area contributed by atoms with E-state index in [9.17, 15) is 9.59 Å². The summed E-state index contributed by atoms with van der Waals surface area (Å²) >= 11 is 3.34. The Morgan fingerprint density at radius 1 is 1.07 bits per heavy atom. The first-order chi connectivity index (χ1) is 7.20. The molecule has 1 saturated heterocycles. The predicted octanol–water partition coefficient (Wildman–Crippen LogP) is 2.49. The van der Waals surface area contributed by atoms with Gasteiger partial charge in [0.1, 0.15) is 0 Å². The van der Waals surface area contributed by atoms with Crippen molar-refractivity contribution in [2.75, 3.05) is 4.90 Å². The van der Waals surface area contributed by atoms with Gasteiger partial charge in [0.25, 0.3) is 0 Å². The lowest BCUT2D eigenvalue weighted by Crippen LogP contribution is -2.40. The minimum absolute atomic E-state index is 0.113. The zero-order chi connectivity index (χ0) is 10.8. The van der Waals surface area contributed by atoms with Gasteiger partial charge in [-0.3, -0.25) is 9.59 Å². The number of para-hydroxylation sites is 1. The number of carbonyl (C=O) groups is 2. The fourth-order valence-electron chi connectivity index (χ4n) is 1.66. The molecule has 3 nitrogen and oxygen atoms in total. The number of anilines is 1. The number of nitrogens with zero attached hydrogens (tertiary/aromatic N) is 1. The number of halogens is 1. The molecule has 0 bridgehead atoms. The average molecular weight is 268 g/mol. The van der Waals surface area contributed by atoms with Gasteiger partial charge < -0.3 is 0 Å². The standard InChI is InChI=1S/C11H10BrNO2/c12-8-4-1-2-5-9(8)13-10(14)6-3-7-11(13)15/h1-2,4-5H,3,6-7H2. The smallest absolute Gasteiger partial charge is 0.233 e. The highest BCUT2D eigenvalue weighted by molar-refractivity contribution is 9.10. The van der Waals surface area contributed by atoms with Crippen LogP contribution >= 0.6 is 15.9 Å². The summed E-state index contributed by atoms with van der Waals surface area (Å²) in [6, 6.07) is 7.26. The van der Waals surface area contributed by atoms with Gasteiger partial charge in [0.15, 0.2) is 0 Å². The molecule has 0 radical (unpaired) electrons. The lowest BCUT2D eigenvalue weighted by atomic mass is 10.1. The molecule has 1 aromatic carbocycles. The van der Waals surface area contributed by atoms with E-state index >= 15 is 0 Å². The van der Waals surface area contributed by atoms with Crippen LogP contribution in [0.25, 0.3) is 0 Å². The number of imide groups is 1. The van der Waals surface area contributed by atoms with Crippen LogP contribution in [0.4, 0.5) is 5.69 Å². The van der Waals surface area contributed by atoms with Crippen LogP contribution in [0.3, 0.4) is 0 Å². The number of benzene rings is 1. The summed E-state index contributed by atoms with van der Waals surface area (Å²) in [5.41, 5.74) is 0.646. The van der Waals surface area contributed by atoms with E-state index in [4.69, 9.17) is 0 Å². The van der Waals surface area contributed by atoms with Gasteiger partial charge in [0.2, 0.25) is 11.8 Å². The number of carbonyl (C=O) groups excluding carboxylic acids is 2. The Kier molecular flexibility index (Phi) is 2.86. The summed E-state index contributed by atoms with van der Waals surface area (Å²) in [7, 11) is 0. The van der Waals surface area contributed by atoms with Crippen LogP contribution in [0.15, 0.2) is 28.7 Å². The zero-order valence-electron chi connectivity index (χ0n) is 8.07. The lowest BCUT2D eigenvalue weighted by molar-refractivity contribution is -0.129. The van der Waals surface area contributed by atoms with Crippen molar-refractivity contribution in [2.45, 2.75) is 19.3 Å². The molecule has 1 aliphatic heterocycles. The summed E-state index contributed by atoms with van der Waals surface area (Å²) in [4.78, 5) is 24.6. The third kappa shape index (κ3) is 1.95. The fraction of sp³-hybridized carbons (Fsp3) is 0.273. The Morgan fingerprint density at radius 2 is 1.67 bits per heavy atom. The lowest BCUT2D eigenvalue weighted by Gasteiger charge is -2.25. The van der Waals surface area contributed by atoms with Crippen molar-refractivity contribution in [1.29, 1.82) is 0 Å². The fourth-order valence-corrected chi connectivity index (χ4v) is 2.12. The summed E-state index contributed by atoms with van der Waals surface area (Å²) in [5, 5.41) is 0. The van der Waals surface area contributed by atoms with Gasteiger partial charge in [-0.2, -0.15) is 0 Å². The topological polar surface area (TPSA) is 37.4 Å². The molecule has 1 aliphatic rings. The molecule has 0 aliphatic carbocycles. The molecular weight excluding hydrogens is 258 g/mol. The van der Waals surface area contributed by atoms with Crippen molar-refractivity contribution in [3.8, 4) is 0 Å². The monoisotopic (exact) mass is 267 g/mol. The van der Waals surface area contributed by atoms with Crippen LogP contribution in [0.1, 0.15) is 19.3 Å². The Bertz CT molecular complexity index is 401. The maximum Gasteiger partial charge on any atom is 0.233 e. The molecule has 0 aromatic heterocycles. The Hall–Kier alpha value is -1.16. The van der Waals surface area contributed by atoms with Gasteiger partial charge in [0, 0.05) is 17.3 Å². The molecule has 1 aromatic rings. The summed E-state index contributed by atoms with van der Waals surface area (Å²) < 4.78 is 0.772. The van der Waals surface area contributed by atoms with Gasteiger partial charge in [-0.15, -0.1) is 0 Å². The van der Waals surface area contributed by atoms with E-state index in [1.807, 2.05) is 18.2 Å². The van der Waals surface area contributed by atoms with Gasteiger partial charge >= 0.3 is 0 Å². The van der Waals surface area contributed by atoms with Gasteiger partial charge in [-0.25, -0.2) is 4.90 Å². The van der Waals surface area contributed by atoms with E-state index in [1.54, 1.807) is 6.07 Å². The molecule has 2 rings (SSSR count). The van der Waals surface area contributed by atoms with Crippen molar-refractivity contribution in [3.63, 3.8) is 0 Å². The van der Waals surface area contributed by atoms with E-state index < -0.39 is 0 Å². The minimum Gasteiger partial charge on any atom is -0.274 e. The number of amides is 2. The van der Waals surface area contributed by atoms with Crippen LogP contribution in [0.5, 0.6) is 0 Å². The molecule has 0 N–H and O–H groups in total. The molecule has 15 heavy (non-hydrogen) atoms. The van der Waals surface area contributed by atoms with Gasteiger partial charge in [-0.1, -0.05) is 12.1 Å². The second kappa shape index (κ2) is 4.14. The van der Waals surface area contributed by atoms with E-state index in [0.29, 0.717) is 24.9 Å². The normalized spacial score (nSPS) is 17.0. The second-order valence-electron chi connectivity index (χ2n) is 3.43. The molecular formula is C11H10BrNO2. The molecule has 1 fully saturated rings. The second-order valence-corrected chi connectivity index (χ2v) is 4.28. The van der Waals surface area contributed by atoms with Crippen LogP contribution in [-0.2, 0) is 9.59 Å². The Labute approximate surface area is 96.2 Å². The first-order valence-corrected chi connectivity index (χ1v) is 5.60. The van der Waals surface area contributed by atoms with Crippen LogP contribution in [-0.4, -0.2) is 11.8 Å². The Balaban J connectivity index is 2.40. The molecule has 2 amide bonds. The summed E-state index contributed by atoms with van der Waals surface area (Å²) in [5.74, 6) is -0.226. The molecule has 0 spiro atoms. The molecule has 0 unspecified atom stereocenters. The molecule has 1 heterocycles. The minimum atomic E-state index is -0.113. The first-order valence-electron chi connectivity index (χ1n) is 4.80. The van der Waals surface area contributed by atoms with Crippen molar-refractivity contribution in [1.82, 2.24) is 0 Å². The number of hydrogen-bond donors (Lipinski definition) is 0. The predicted molar refractivity (Wildman–Crippen MR) is 60.5 cm³/mol. The van der Waals surface area contributed by atoms with Crippen LogP contribution in [0.2, 0.25) is 0 Å². The third-order valence-corrected chi connectivity index (χ3v) is 3.04. The largest absolute Gasteiger partial charge is 0.274 e. The highest BCUT2D eigenvalue weighted by atomic mass is 79.9.